The van der Waals surface area contributed by atoms with Gasteiger partial charge >= 0.3 is 0 Å². The number of hydrogen-bond acceptors (Lipinski definition) is 2. The van der Waals surface area contributed by atoms with Gasteiger partial charge in [0, 0.05) is 18.6 Å². The van der Waals surface area contributed by atoms with Crippen LogP contribution in [-0.4, -0.2) is 23.6 Å². The van der Waals surface area contributed by atoms with Crippen molar-refractivity contribution in [3.63, 3.8) is 0 Å². The molecule has 1 saturated heterocycles. The van der Waals surface area contributed by atoms with E-state index in [0.29, 0.717) is 5.41 Å². The number of hydrogen-bond donors (Lipinski definition) is 1. The molecular weight excluding hydrogens is 172 g/mol. The molecule has 1 aliphatic rings. The number of hydrazine groups is 1. The van der Waals surface area contributed by atoms with Crippen LogP contribution < -0.4 is 5.43 Å². The topological polar surface area (TPSA) is 15.3 Å². The third-order valence-electron chi connectivity index (χ3n) is 2.91. The zero-order valence-electron chi connectivity index (χ0n) is 10.6. The maximum atomic E-state index is 3.55. The maximum Gasteiger partial charge on any atom is 0.0241 e. The van der Waals surface area contributed by atoms with E-state index >= 15 is 0 Å². The van der Waals surface area contributed by atoms with E-state index in [-0.39, 0.29) is 5.54 Å². The molecule has 2 heteroatoms. The zero-order valence-corrected chi connectivity index (χ0v) is 10.6. The monoisotopic (exact) mass is 198 g/mol. The highest BCUT2D eigenvalue weighted by Crippen LogP contribution is 2.33. The van der Waals surface area contributed by atoms with Crippen LogP contribution in [0.25, 0.3) is 0 Å². The van der Waals surface area contributed by atoms with Crippen LogP contribution in [0.2, 0.25) is 0 Å². The lowest BCUT2D eigenvalue weighted by atomic mass is 9.80. The van der Waals surface area contributed by atoms with Crippen molar-refractivity contribution in [3.8, 4) is 0 Å². The van der Waals surface area contributed by atoms with E-state index in [2.05, 4.69) is 52.0 Å². The summed E-state index contributed by atoms with van der Waals surface area (Å²) in [5.74, 6) is 0.831. The molecule has 1 aliphatic heterocycles. The van der Waals surface area contributed by atoms with Crippen LogP contribution in [0.3, 0.4) is 0 Å². The van der Waals surface area contributed by atoms with Crippen LogP contribution in [0.1, 0.15) is 48.0 Å². The molecule has 0 aromatic carbocycles. The summed E-state index contributed by atoms with van der Waals surface area (Å²) >= 11 is 0. The van der Waals surface area contributed by atoms with E-state index in [1.807, 2.05) is 0 Å². The van der Waals surface area contributed by atoms with Crippen molar-refractivity contribution in [3.05, 3.63) is 0 Å². The molecule has 14 heavy (non-hydrogen) atoms. The second kappa shape index (κ2) is 3.82. The van der Waals surface area contributed by atoms with Gasteiger partial charge in [0.25, 0.3) is 0 Å². The molecule has 1 unspecified atom stereocenters. The highest BCUT2D eigenvalue weighted by Gasteiger charge is 2.32. The smallest absolute Gasteiger partial charge is 0.0241 e. The minimum atomic E-state index is 0.201. The lowest BCUT2D eigenvalue weighted by molar-refractivity contribution is 0.139. The number of nitrogens with one attached hydrogen (secondary N) is 1. The molecular formula is C12H26N2. The fraction of sp³-hybridized carbons (Fsp3) is 1.00. The van der Waals surface area contributed by atoms with E-state index in [1.54, 1.807) is 0 Å². The first-order valence-corrected chi connectivity index (χ1v) is 5.71. The first-order chi connectivity index (χ1) is 6.18. The average molecular weight is 198 g/mol. The Morgan fingerprint density at radius 1 is 1.07 bits per heavy atom. The Balaban J connectivity index is 2.42. The molecule has 0 aromatic rings. The highest BCUT2D eigenvalue weighted by atomic mass is 15.5. The maximum absolute atomic E-state index is 3.55. The van der Waals surface area contributed by atoms with Crippen LogP contribution in [0, 0.1) is 11.3 Å². The van der Waals surface area contributed by atoms with Crippen molar-refractivity contribution in [2.45, 2.75) is 53.5 Å². The molecule has 2 nitrogen and oxygen atoms in total. The first kappa shape index (κ1) is 12.0. The minimum absolute atomic E-state index is 0.201. The zero-order chi connectivity index (χ0) is 11.0. The summed E-state index contributed by atoms with van der Waals surface area (Å²) in [6, 6.07) is 0. The number of nitrogens with zero attached hydrogens (tertiary/aromatic N) is 1. The van der Waals surface area contributed by atoms with Gasteiger partial charge in [0.05, 0.1) is 0 Å². The van der Waals surface area contributed by atoms with E-state index in [1.165, 1.54) is 19.5 Å². The van der Waals surface area contributed by atoms with Crippen molar-refractivity contribution < 1.29 is 0 Å². The Kier molecular flexibility index (Phi) is 3.27. The predicted octanol–water partition coefficient (Wildman–Crippen LogP) is 2.66. The second-order valence-corrected chi connectivity index (χ2v) is 6.66. The second-order valence-electron chi connectivity index (χ2n) is 6.66. The summed E-state index contributed by atoms with van der Waals surface area (Å²) in [7, 11) is 0. The standard InChI is InChI=1S/C12H26N2/c1-11(2,3)10-7-8-14(9-10)13-12(4,5)6/h10,13H,7-9H2,1-6H3. The van der Waals surface area contributed by atoms with Gasteiger partial charge in [-0.1, -0.05) is 20.8 Å². The molecule has 0 radical (unpaired) electrons. The van der Waals surface area contributed by atoms with Crippen LogP contribution in [-0.2, 0) is 0 Å². The Morgan fingerprint density at radius 2 is 1.64 bits per heavy atom. The lowest BCUT2D eigenvalue weighted by Gasteiger charge is -2.31. The fourth-order valence-corrected chi connectivity index (χ4v) is 2.04. The van der Waals surface area contributed by atoms with Crippen molar-refractivity contribution in [1.29, 1.82) is 0 Å². The SMILES string of the molecule is CC(C)(C)NN1CCC(C(C)(C)C)C1. The van der Waals surface area contributed by atoms with Crippen molar-refractivity contribution in [2.75, 3.05) is 13.1 Å². The van der Waals surface area contributed by atoms with Gasteiger partial charge in [-0.25, -0.2) is 10.4 Å². The van der Waals surface area contributed by atoms with Crippen LogP contribution in [0.5, 0.6) is 0 Å². The molecule has 0 amide bonds. The third kappa shape index (κ3) is 3.58. The molecule has 0 aliphatic carbocycles. The van der Waals surface area contributed by atoms with Gasteiger partial charge in [-0.2, -0.15) is 0 Å². The minimum Gasteiger partial charge on any atom is -0.250 e. The molecule has 1 N–H and O–H groups in total. The van der Waals surface area contributed by atoms with Gasteiger partial charge in [0.2, 0.25) is 0 Å². The van der Waals surface area contributed by atoms with Gasteiger partial charge in [-0.05, 0) is 38.5 Å². The largest absolute Gasteiger partial charge is 0.250 e. The Bertz CT molecular complexity index is 185. The third-order valence-corrected chi connectivity index (χ3v) is 2.91. The number of rotatable bonds is 1. The van der Waals surface area contributed by atoms with Crippen LogP contribution in [0.4, 0.5) is 0 Å². The predicted molar refractivity (Wildman–Crippen MR) is 62.0 cm³/mol. The molecule has 0 spiro atoms. The van der Waals surface area contributed by atoms with E-state index in [0.717, 1.165) is 5.92 Å². The van der Waals surface area contributed by atoms with Crippen LogP contribution in [0.15, 0.2) is 0 Å². The molecule has 1 fully saturated rings. The Morgan fingerprint density at radius 3 is 2.00 bits per heavy atom. The first-order valence-electron chi connectivity index (χ1n) is 5.71. The van der Waals surface area contributed by atoms with Crippen molar-refractivity contribution in [2.24, 2.45) is 11.3 Å². The van der Waals surface area contributed by atoms with E-state index in [4.69, 9.17) is 0 Å². The summed E-state index contributed by atoms with van der Waals surface area (Å²) in [5, 5.41) is 2.38. The fourth-order valence-electron chi connectivity index (χ4n) is 2.04. The Hall–Kier alpha value is -0.0800. The van der Waals surface area contributed by atoms with E-state index in [9.17, 15) is 0 Å². The lowest BCUT2D eigenvalue weighted by Crippen LogP contribution is -2.48. The quantitative estimate of drug-likeness (QED) is 0.697. The van der Waals surface area contributed by atoms with E-state index < -0.39 is 0 Å². The highest BCUT2D eigenvalue weighted by molar-refractivity contribution is 4.84. The van der Waals surface area contributed by atoms with Gasteiger partial charge in [-0.15, -0.1) is 0 Å². The van der Waals surface area contributed by atoms with Gasteiger partial charge in [0.1, 0.15) is 0 Å². The molecule has 1 rings (SSSR count). The van der Waals surface area contributed by atoms with Crippen LogP contribution >= 0.6 is 0 Å². The Labute approximate surface area is 89.0 Å². The molecule has 1 atom stereocenters. The van der Waals surface area contributed by atoms with Crippen molar-refractivity contribution in [1.82, 2.24) is 10.4 Å². The normalized spacial score (nSPS) is 25.7. The summed E-state index contributed by atoms with van der Waals surface area (Å²) in [6.07, 6.45) is 1.33. The molecule has 0 saturated carbocycles. The van der Waals surface area contributed by atoms with Gasteiger partial charge in [0.15, 0.2) is 0 Å². The van der Waals surface area contributed by atoms with Gasteiger partial charge in [-0.3, -0.25) is 0 Å². The summed E-state index contributed by atoms with van der Waals surface area (Å²) in [6.45, 7) is 16.1. The molecule has 0 aromatic heterocycles. The molecule has 0 bridgehead atoms. The summed E-state index contributed by atoms with van der Waals surface area (Å²) in [4.78, 5) is 0. The molecule has 84 valence electrons. The summed E-state index contributed by atoms with van der Waals surface area (Å²) in [5.41, 5.74) is 4.21. The van der Waals surface area contributed by atoms with Crippen molar-refractivity contribution >= 4 is 0 Å². The average Bonchev–Trinajstić information content (AvgIpc) is 2.29. The van der Waals surface area contributed by atoms with Gasteiger partial charge < -0.3 is 0 Å². The molecule has 1 heterocycles. The summed E-state index contributed by atoms with van der Waals surface area (Å²) < 4.78 is 0.